The van der Waals surface area contributed by atoms with Crippen LogP contribution in [0.2, 0.25) is 0 Å². The van der Waals surface area contributed by atoms with Gasteiger partial charge in [0, 0.05) is 31.7 Å². The average Bonchev–Trinajstić information content (AvgIpc) is 2.76. The monoisotopic (exact) mass is 310 g/mol. The Hall–Kier alpha value is -1.56. The van der Waals surface area contributed by atoms with Crippen LogP contribution in [0.4, 0.5) is 4.39 Å². The van der Waals surface area contributed by atoms with Gasteiger partial charge in [0.15, 0.2) is 0 Å². The molecule has 0 radical (unpaired) electrons. The van der Waals surface area contributed by atoms with Crippen LogP contribution < -0.4 is 5.32 Å². The molecule has 1 aliphatic heterocycles. The summed E-state index contributed by atoms with van der Waals surface area (Å²) in [4.78, 5) is 25.3. The Balaban J connectivity index is 1.86. The Kier molecular flexibility index (Phi) is 5.61. The van der Waals surface area contributed by atoms with Gasteiger partial charge in [-0.3, -0.25) is 9.59 Å². The molecule has 0 saturated carbocycles. The maximum absolute atomic E-state index is 13.1. The lowest BCUT2D eigenvalue weighted by Gasteiger charge is -2.17. The molecule has 1 heterocycles. The number of rotatable bonds is 6. The lowest BCUT2D eigenvalue weighted by Crippen LogP contribution is -2.37. The highest BCUT2D eigenvalue weighted by Gasteiger charge is 2.30. The molecule has 114 valence electrons. The first-order valence-electron chi connectivity index (χ1n) is 6.89. The van der Waals surface area contributed by atoms with Crippen molar-refractivity contribution in [2.75, 3.05) is 18.6 Å². The Labute approximate surface area is 128 Å². The van der Waals surface area contributed by atoms with E-state index in [0.717, 1.165) is 11.3 Å². The van der Waals surface area contributed by atoms with E-state index >= 15 is 0 Å². The number of thioether (sulfide) groups is 1. The summed E-state index contributed by atoms with van der Waals surface area (Å²) in [6, 6.07) is 6.09. The minimum atomic E-state index is -0.305. The van der Waals surface area contributed by atoms with E-state index in [1.165, 1.54) is 12.1 Å². The van der Waals surface area contributed by atoms with Crippen molar-refractivity contribution in [2.24, 2.45) is 0 Å². The molecule has 1 aliphatic rings. The van der Waals surface area contributed by atoms with E-state index in [1.54, 1.807) is 28.8 Å². The van der Waals surface area contributed by atoms with E-state index in [9.17, 15) is 14.0 Å². The zero-order chi connectivity index (χ0) is 15.2. The summed E-state index contributed by atoms with van der Waals surface area (Å²) in [7, 11) is 0. The van der Waals surface area contributed by atoms with Crippen LogP contribution in [0.3, 0.4) is 0 Å². The Morgan fingerprint density at radius 3 is 3.05 bits per heavy atom. The first kappa shape index (κ1) is 15.8. The number of carbonyl (C=O) groups is 2. The van der Waals surface area contributed by atoms with Gasteiger partial charge in [-0.1, -0.05) is 12.1 Å². The van der Waals surface area contributed by atoms with Crippen LogP contribution in [0.1, 0.15) is 18.4 Å². The first-order valence-corrected chi connectivity index (χ1v) is 8.28. The second-order valence-electron chi connectivity index (χ2n) is 5.12. The fourth-order valence-corrected chi connectivity index (χ4v) is 2.76. The molecule has 0 unspecified atom stereocenters. The molecular weight excluding hydrogens is 291 g/mol. The molecular formula is C15H19FN2O2S. The summed E-state index contributed by atoms with van der Waals surface area (Å²) in [5, 5.41) is 2.88. The van der Waals surface area contributed by atoms with Gasteiger partial charge in [-0.2, -0.15) is 11.8 Å². The van der Waals surface area contributed by atoms with E-state index in [1.807, 2.05) is 6.26 Å². The standard InChI is InChI=1S/C15H19FN2O2S/c1-21-6-5-14(19)17-13-8-15(20)18(10-13)9-11-3-2-4-12(16)7-11/h2-4,7,13H,5-6,8-10H2,1H3,(H,17,19)/t13-/m1/s1. The smallest absolute Gasteiger partial charge is 0.225 e. The molecule has 2 rings (SSSR count). The Morgan fingerprint density at radius 1 is 1.52 bits per heavy atom. The third kappa shape index (κ3) is 4.74. The first-order chi connectivity index (χ1) is 10.1. The van der Waals surface area contributed by atoms with Crippen LogP contribution in [0.5, 0.6) is 0 Å². The molecule has 21 heavy (non-hydrogen) atoms. The fraction of sp³-hybridized carbons (Fsp3) is 0.467. The summed E-state index contributed by atoms with van der Waals surface area (Å²) < 4.78 is 13.1. The van der Waals surface area contributed by atoms with Crippen molar-refractivity contribution in [1.29, 1.82) is 0 Å². The van der Waals surface area contributed by atoms with Gasteiger partial charge in [-0.05, 0) is 24.0 Å². The van der Waals surface area contributed by atoms with Crippen LogP contribution in [0.25, 0.3) is 0 Å². The zero-order valence-electron chi connectivity index (χ0n) is 12.0. The lowest BCUT2D eigenvalue weighted by molar-refractivity contribution is -0.128. The van der Waals surface area contributed by atoms with Crippen molar-refractivity contribution >= 4 is 23.6 Å². The minimum absolute atomic E-state index is 0.00516. The van der Waals surface area contributed by atoms with Gasteiger partial charge in [0.25, 0.3) is 0 Å². The number of nitrogens with zero attached hydrogens (tertiary/aromatic N) is 1. The molecule has 0 bridgehead atoms. The predicted octanol–water partition coefficient (Wildman–Crippen LogP) is 1.80. The van der Waals surface area contributed by atoms with Gasteiger partial charge in [0.05, 0.1) is 6.04 Å². The number of halogens is 1. The van der Waals surface area contributed by atoms with Crippen molar-refractivity contribution in [3.63, 3.8) is 0 Å². The van der Waals surface area contributed by atoms with Gasteiger partial charge in [-0.15, -0.1) is 0 Å². The zero-order valence-corrected chi connectivity index (χ0v) is 12.8. The highest BCUT2D eigenvalue weighted by Crippen LogP contribution is 2.16. The SMILES string of the molecule is CSCCC(=O)N[C@@H]1CC(=O)N(Cc2cccc(F)c2)C1. The van der Waals surface area contributed by atoms with Gasteiger partial charge in [0.1, 0.15) is 5.82 Å². The minimum Gasteiger partial charge on any atom is -0.351 e. The molecule has 2 amide bonds. The highest BCUT2D eigenvalue weighted by molar-refractivity contribution is 7.98. The topological polar surface area (TPSA) is 49.4 Å². The van der Waals surface area contributed by atoms with Crippen LogP contribution in [0, 0.1) is 5.82 Å². The second-order valence-corrected chi connectivity index (χ2v) is 6.10. The fourth-order valence-electron chi connectivity index (χ4n) is 2.37. The lowest BCUT2D eigenvalue weighted by atomic mass is 10.2. The molecule has 1 atom stereocenters. The van der Waals surface area contributed by atoms with E-state index in [4.69, 9.17) is 0 Å². The van der Waals surface area contributed by atoms with Gasteiger partial charge in [0.2, 0.25) is 11.8 Å². The van der Waals surface area contributed by atoms with Crippen LogP contribution >= 0.6 is 11.8 Å². The molecule has 6 heteroatoms. The van der Waals surface area contributed by atoms with Gasteiger partial charge >= 0.3 is 0 Å². The molecule has 1 aromatic rings. The van der Waals surface area contributed by atoms with E-state index < -0.39 is 0 Å². The molecule has 4 nitrogen and oxygen atoms in total. The van der Waals surface area contributed by atoms with E-state index in [-0.39, 0.29) is 23.7 Å². The van der Waals surface area contributed by atoms with E-state index in [2.05, 4.69) is 5.32 Å². The maximum Gasteiger partial charge on any atom is 0.225 e. The molecule has 0 aromatic heterocycles. The van der Waals surface area contributed by atoms with Crippen molar-refractivity contribution in [1.82, 2.24) is 10.2 Å². The third-order valence-corrected chi connectivity index (χ3v) is 3.99. The maximum atomic E-state index is 13.1. The van der Waals surface area contributed by atoms with Gasteiger partial charge in [-0.25, -0.2) is 4.39 Å². The largest absolute Gasteiger partial charge is 0.351 e. The number of likely N-dealkylation sites (tertiary alicyclic amines) is 1. The highest BCUT2D eigenvalue weighted by atomic mass is 32.2. The quantitative estimate of drug-likeness (QED) is 0.871. The predicted molar refractivity (Wildman–Crippen MR) is 81.4 cm³/mol. The molecule has 1 aromatic carbocycles. The average molecular weight is 310 g/mol. The van der Waals surface area contributed by atoms with Crippen molar-refractivity contribution < 1.29 is 14.0 Å². The summed E-state index contributed by atoms with van der Waals surface area (Å²) in [6.07, 6.45) is 2.74. The molecule has 1 fully saturated rings. The van der Waals surface area contributed by atoms with Gasteiger partial charge < -0.3 is 10.2 Å². The Morgan fingerprint density at radius 2 is 2.33 bits per heavy atom. The third-order valence-electron chi connectivity index (χ3n) is 3.38. The summed E-state index contributed by atoms with van der Waals surface area (Å²) in [6.45, 7) is 0.869. The van der Waals surface area contributed by atoms with Crippen LogP contribution in [-0.4, -0.2) is 41.3 Å². The molecule has 1 saturated heterocycles. The van der Waals surface area contributed by atoms with Crippen LogP contribution in [0.15, 0.2) is 24.3 Å². The van der Waals surface area contributed by atoms with Crippen molar-refractivity contribution in [3.05, 3.63) is 35.6 Å². The second kappa shape index (κ2) is 7.45. The Bertz CT molecular complexity index is 524. The molecule has 0 aliphatic carbocycles. The summed E-state index contributed by atoms with van der Waals surface area (Å²) in [5.74, 6) is 0.449. The molecule has 0 spiro atoms. The molecule has 1 N–H and O–H groups in total. The number of benzene rings is 1. The normalized spacial score (nSPS) is 18.1. The number of amides is 2. The van der Waals surface area contributed by atoms with E-state index in [0.29, 0.717) is 25.9 Å². The van der Waals surface area contributed by atoms with Crippen molar-refractivity contribution in [3.8, 4) is 0 Å². The number of hydrogen-bond acceptors (Lipinski definition) is 3. The van der Waals surface area contributed by atoms with Crippen LogP contribution in [-0.2, 0) is 16.1 Å². The number of nitrogens with one attached hydrogen (secondary N) is 1. The summed E-state index contributed by atoms with van der Waals surface area (Å²) in [5.41, 5.74) is 0.762. The van der Waals surface area contributed by atoms with Crippen molar-refractivity contribution in [2.45, 2.75) is 25.4 Å². The summed E-state index contributed by atoms with van der Waals surface area (Å²) >= 11 is 1.62. The number of hydrogen-bond donors (Lipinski definition) is 1. The number of carbonyl (C=O) groups excluding carboxylic acids is 2.